The van der Waals surface area contributed by atoms with Crippen molar-refractivity contribution < 1.29 is 16.8 Å². The molecule has 42 valence electrons. The van der Waals surface area contributed by atoms with Crippen molar-refractivity contribution in [2.45, 2.75) is 0 Å². The van der Waals surface area contributed by atoms with Gasteiger partial charge in [-0.05, 0) is 0 Å². The second-order valence-electron chi connectivity index (χ2n) is 0.644. The molecule has 0 fully saturated rings. The van der Waals surface area contributed by atoms with Gasteiger partial charge < -0.3 is 9.11 Å². The average molecular weight is 124 g/mol. The Morgan fingerprint density at radius 2 is 1.43 bits per heavy atom. The Morgan fingerprint density at radius 1 is 1.14 bits per heavy atom. The second-order valence-corrected chi connectivity index (χ2v) is 1.93. The lowest BCUT2D eigenvalue weighted by Gasteiger charge is -2.13. The summed E-state index contributed by atoms with van der Waals surface area (Å²) in [6.45, 7) is 5.15. The SMILES string of the molecule is C=[O+]S([O-])([O-])[O+]=C. The molecule has 0 aliphatic heterocycles. The van der Waals surface area contributed by atoms with Crippen molar-refractivity contribution in [3.8, 4) is 0 Å². The number of rotatable bonds is 2. The van der Waals surface area contributed by atoms with E-state index in [-0.39, 0.29) is 0 Å². The van der Waals surface area contributed by atoms with E-state index >= 15 is 0 Å². The largest absolute Gasteiger partial charge is 0.669 e. The standard InChI is InChI=1S/C2H4O4S/c1-5-7(3,4)6-2/h1-2H2. The van der Waals surface area contributed by atoms with Crippen LogP contribution in [-0.2, 0) is 7.74 Å². The van der Waals surface area contributed by atoms with Crippen molar-refractivity contribution in [2.24, 2.45) is 0 Å². The molecule has 0 bridgehead atoms. The summed E-state index contributed by atoms with van der Waals surface area (Å²) in [5.74, 6) is 0. The van der Waals surface area contributed by atoms with Crippen molar-refractivity contribution >= 4 is 24.7 Å². The van der Waals surface area contributed by atoms with E-state index in [1.165, 1.54) is 0 Å². The van der Waals surface area contributed by atoms with Gasteiger partial charge in [0.2, 0.25) is 0 Å². The summed E-state index contributed by atoms with van der Waals surface area (Å²) < 4.78 is 26.6. The number of hydrogen-bond acceptors (Lipinski definition) is 2. The molecule has 0 atom stereocenters. The highest BCUT2D eigenvalue weighted by Gasteiger charge is 2.10. The minimum atomic E-state index is -3.88. The molecular formula is C2H4O4S. The van der Waals surface area contributed by atoms with Crippen LogP contribution in [0.1, 0.15) is 0 Å². The fourth-order valence-corrected chi connectivity index (χ4v) is 0.102. The molecule has 0 aromatic rings. The van der Waals surface area contributed by atoms with E-state index in [4.69, 9.17) is 0 Å². The van der Waals surface area contributed by atoms with Gasteiger partial charge in [-0.1, -0.05) is 0 Å². The molecule has 0 unspecified atom stereocenters. The summed E-state index contributed by atoms with van der Waals surface area (Å²) >= 11 is -3.88. The highest BCUT2D eigenvalue weighted by atomic mass is 32.3. The summed E-state index contributed by atoms with van der Waals surface area (Å²) in [7, 11) is 0. The van der Waals surface area contributed by atoms with Crippen LogP contribution in [0.15, 0.2) is 0 Å². The van der Waals surface area contributed by atoms with Crippen LogP contribution in [0.4, 0.5) is 0 Å². The highest BCUT2D eigenvalue weighted by molar-refractivity contribution is 8.12. The molecule has 0 aromatic carbocycles. The first-order valence-corrected chi connectivity index (χ1v) is 2.58. The maximum atomic E-state index is 9.80. The van der Waals surface area contributed by atoms with E-state index in [0.717, 1.165) is 0 Å². The van der Waals surface area contributed by atoms with E-state index in [1.807, 2.05) is 0 Å². The van der Waals surface area contributed by atoms with Gasteiger partial charge in [-0.3, -0.25) is 0 Å². The first-order valence-electron chi connectivity index (χ1n) is 1.24. The van der Waals surface area contributed by atoms with Gasteiger partial charge in [-0.25, -0.2) is 0 Å². The van der Waals surface area contributed by atoms with Gasteiger partial charge in [0, 0.05) is 0 Å². The molecule has 0 rings (SSSR count). The van der Waals surface area contributed by atoms with Crippen molar-refractivity contribution in [3.63, 3.8) is 0 Å². The lowest BCUT2D eigenvalue weighted by Crippen LogP contribution is -1.94. The first-order chi connectivity index (χ1) is 3.12. The molecule has 0 amide bonds. The van der Waals surface area contributed by atoms with Gasteiger partial charge in [0.15, 0.2) is 0 Å². The molecule has 0 radical (unpaired) electrons. The van der Waals surface area contributed by atoms with Crippen molar-refractivity contribution in [1.82, 2.24) is 0 Å². The van der Waals surface area contributed by atoms with Crippen LogP contribution in [0.5, 0.6) is 0 Å². The predicted octanol–water partition coefficient (Wildman–Crippen LogP) is -0.389. The fourth-order valence-electron chi connectivity index (χ4n) is 0.0340. The maximum Gasteiger partial charge on any atom is 0.357 e. The van der Waals surface area contributed by atoms with Gasteiger partial charge >= 0.3 is 24.7 Å². The van der Waals surface area contributed by atoms with Crippen LogP contribution in [0.25, 0.3) is 0 Å². The third kappa shape index (κ3) is 2.32. The average Bonchev–Trinajstić information content (AvgIpc) is 1.68. The highest BCUT2D eigenvalue weighted by Crippen LogP contribution is 2.30. The van der Waals surface area contributed by atoms with Crippen LogP contribution >= 0.6 is 11.2 Å². The fraction of sp³-hybridized carbons (Fsp3) is 0. The lowest BCUT2D eigenvalue weighted by molar-refractivity contribution is -0.407. The van der Waals surface area contributed by atoms with Crippen molar-refractivity contribution in [3.05, 3.63) is 0 Å². The molecule has 0 saturated heterocycles. The molecule has 4 nitrogen and oxygen atoms in total. The van der Waals surface area contributed by atoms with Gasteiger partial charge in [-0.15, -0.1) is 0 Å². The zero-order valence-electron chi connectivity index (χ0n) is 3.46. The van der Waals surface area contributed by atoms with Crippen molar-refractivity contribution in [2.75, 3.05) is 0 Å². The third-order valence-electron chi connectivity index (χ3n) is 0.289. The summed E-state index contributed by atoms with van der Waals surface area (Å²) in [6.07, 6.45) is 0. The lowest BCUT2D eigenvalue weighted by atomic mass is 11.9. The molecular weight excluding hydrogens is 120 g/mol. The zero-order chi connectivity index (χ0) is 5.91. The zero-order valence-corrected chi connectivity index (χ0v) is 4.27. The Morgan fingerprint density at radius 3 is 1.43 bits per heavy atom. The van der Waals surface area contributed by atoms with Gasteiger partial charge in [0.1, 0.15) is 0 Å². The Bertz CT molecular complexity index is 77.7. The van der Waals surface area contributed by atoms with Gasteiger partial charge in [-0.2, -0.15) is 7.74 Å². The monoisotopic (exact) mass is 124 g/mol. The Balaban J connectivity index is 3.82. The Kier molecular flexibility index (Phi) is 1.94. The van der Waals surface area contributed by atoms with Crippen LogP contribution in [0.3, 0.4) is 0 Å². The second kappa shape index (κ2) is 2.06. The Labute approximate surface area is 42.5 Å². The molecule has 0 N–H and O–H groups in total. The third-order valence-corrected chi connectivity index (χ3v) is 0.866. The normalized spacial score (nSPS) is 12.9. The summed E-state index contributed by atoms with van der Waals surface area (Å²) in [4.78, 5) is 0. The van der Waals surface area contributed by atoms with E-state index in [9.17, 15) is 9.11 Å². The molecule has 0 aliphatic rings. The van der Waals surface area contributed by atoms with Gasteiger partial charge in [0.25, 0.3) is 0 Å². The minimum absolute atomic E-state index is 2.58. The molecule has 0 aliphatic carbocycles. The first kappa shape index (κ1) is 6.61. The van der Waals surface area contributed by atoms with E-state index in [1.54, 1.807) is 0 Å². The van der Waals surface area contributed by atoms with E-state index in [0.29, 0.717) is 0 Å². The van der Waals surface area contributed by atoms with Crippen LogP contribution in [0, 0.1) is 0 Å². The van der Waals surface area contributed by atoms with Crippen LogP contribution in [0.2, 0.25) is 0 Å². The molecule has 5 heteroatoms. The van der Waals surface area contributed by atoms with Gasteiger partial charge in [0.05, 0.1) is 0 Å². The molecule has 0 heterocycles. The maximum absolute atomic E-state index is 9.80. The van der Waals surface area contributed by atoms with E-state index < -0.39 is 11.2 Å². The summed E-state index contributed by atoms with van der Waals surface area (Å²) in [5.41, 5.74) is 0. The number of hydrogen-bond donors (Lipinski definition) is 0. The predicted molar refractivity (Wildman–Crippen MR) is 23.4 cm³/mol. The minimum Gasteiger partial charge on any atom is -0.669 e. The smallest absolute Gasteiger partial charge is 0.357 e. The number of carbonyl (C=O) groups excluding carboxylic acids is 2. The van der Waals surface area contributed by atoms with Crippen LogP contribution in [-0.4, -0.2) is 22.7 Å². The van der Waals surface area contributed by atoms with E-state index in [2.05, 4.69) is 21.3 Å². The van der Waals surface area contributed by atoms with Crippen molar-refractivity contribution in [1.29, 1.82) is 0 Å². The molecule has 7 heavy (non-hydrogen) atoms. The summed E-state index contributed by atoms with van der Waals surface area (Å²) in [5, 5.41) is 0. The van der Waals surface area contributed by atoms with Crippen LogP contribution < -0.4 is 0 Å². The molecule has 0 spiro atoms. The Hall–Kier alpha value is -0.390. The molecule has 0 saturated carbocycles. The quantitative estimate of drug-likeness (QED) is 0.470. The topological polar surface area (TPSA) is 68.7 Å². The summed E-state index contributed by atoms with van der Waals surface area (Å²) in [6, 6.07) is 0. The molecule has 0 aromatic heterocycles.